The molecule has 0 amide bonds. The predicted molar refractivity (Wildman–Crippen MR) is 61.4 cm³/mol. The number of hydrogen-bond acceptors (Lipinski definition) is 5. The SMILES string of the molecule is O=C(Cn1cc(CCO)nn1)C1CCNCC1. The van der Waals surface area contributed by atoms with Crippen molar-refractivity contribution in [1.29, 1.82) is 0 Å². The van der Waals surface area contributed by atoms with Crippen molar-refractivity contribution in [3.8, 4) is 0 Å². The standard InChI is InChI=1S/C11H18N4O2/c16-6-3-10-7-15(14-13-10)8-11(17)9-1-4-12-5-2-9/h7,9,12,16H,1-6,8H2. The van der Waals surface area contributed by atoms with E-state index >= 15 is 0 Å². The Bertz CT molecular complexity index is 371. The Labute approximate surface area is 100 Å². The zero-order chi connectivity index (χ0) is 12.1. The second-order valence-corrected chi connectivity index (χ2v) is 4.37. The van der Waals surface area contributed by atoms with Crippen LogP contribution in [0.15, 0.2) is 6.20 Å². The zero-order valence-electron chi connectivity index (χ0n) is 9.80. The van der Waals surface area contributed by atoms with Crippen molar-refractivity contribution < 1.29 is 9.90 Å². The summed E-state index contributed by atoms with van der Waals surface area (Å²) in [7, 11) is 0. The molecule has 0 bridgehead atoms. The highest BCUT2D eigenvalue weighted by Crippen LogP contribution is 2.13. The van der Waals surface area contributed by atoms with Crippen LogP contribution >= 0.6 is 0 Å². The summed E-state index contributed by atoms with van der Waals surface area (Å²) in [6, 6.07) is 0. The van der Waals surface area contributed by atoms with Crippen LogP contribution in [0.2, 0.25) is 0 Å². The molecule has 2 rings (SSSR count). The first kappa shape index (κ1) is 12.2. The molecule has 1 aromatic rings. The van der Waals surface area contributed by atoms with Gasteiger partial charge in [0.25, 0.3) is 0 Å². The molecule has 1 aromatic heterocycles. The Morgan fingerprint density at radius 1 is 1.53 bits per heavy atom. The van der Waals surface area contributed by atoms with Crippen LogP contribution in [0.3, 0.4) is 0 Å². The zero-order valence-corrected chi connectivity index (χ0v) is 9.80. The van der Waals surface area contributed by atoms with Crippen molar-refractivity contribution in [3.05, 3.63) is 11.9 Å². The first-order valence-corrected chi connectivity index (χ1v) is 6.03. The maximum atomic E-state index is 12.0. The second-order valence-electron chi connectivity index (χ2n) is 4.37. The Kier molecular flexibility index (Phi) is 4.22. The molecular formula is C11H18N4O2. The van der Waals surface area contributed by atoms with Gasteiger partial charge in [-0.3, -0.25) is 4.79 Å². The second kappa shape index (κ2) is 5.88. The molecule has 1 saturated heterocycles. The van der Waals surface area contributed by atoms with Crippen LogP contribution in [0, 0.1) is 5.92 Å². The van der Waals surface area contributed by atoms with E-state index in [1.54, 1.807) is 10.9 Å². The fraction of sp³-hybridized carbons (Fsp3) is 0.727. The quantitative estimate of drug-likeness (QED) is 0.714. The molecule has 17 heavy (non-hydrogen) atoms. The molecule has 0 radical (unpaired) electrons. The Morgan fingerprint density at radius 3 is 3.00 bits per heavy atom. The summed E-state index contributed by atoms with van der Waals surface area (Å²) in [5, 5.41) is 19.8. The molecule has 2 heterocycles. The highest BCUT2D eigenvalue weighted by molar-refractivity contribution is 5.80. The summed E-state index contributed by atoms with van der Waals surface area (Å²) in [6.07, 6.45) is 4.05. The number of Topliss-reactive ketones (excluding diaryl/α,β-unsaturated/α-hetero) is 1. The maximum Gasteiger partial charge on any atom is 0.157 e. The summed E-state index contributed by atoms with van der Waals surface area (Å²) in [4.78, 5) is 12.0. The van der Waals surface area contributed by atoms with Crippen LogP contribution in [0.25, 0.3) is 0 Å². The molecular weight excluding hydrogens is 220 g/mol. The Balaban J connectivity index is 1.88. The minimum Gasteiger partial charge on any atom is -0.396 e. The third kappa shape index (κ3) is 3.34. The van der Waals surface area contributed by atoms with Crippen molar-refractivity contribution in [3.63, 3.8) is 0 Å². The number of ketones is 1. The summed E-state index contributed by atoms with van der Waals surface area (Å²) in [5.74, 6) is 0.383. The number of piperidine rings is 1. The Hall–Kier alpha value is -1.27. The molecule has 1 fully saturated rings. The van der Waals surface area contributed by atoms with Crippen LogP contribution in [0.4, 0.5) is 0 Å². The van der Waals surface area contributed by atoms with Gasteiger partial charge in [-0.2, -0.15) is 0 Å². The van der Waals surface area contributed by atoms with E-state index in [1.165, 1.54) is 0 Å². The molecule has 0 aliphatic carbocycles. The van der Waals surface area contributed by atoms with Gasteiger partial charge in [0.15, 0.2) is 5.78 Å². The van der Waals surface area contributed by atoms with Crippen molar-refractivity contribution in [2.24, 2.45) is 5.92 Å². The molecule has 2 N–H and O–H groups in total. The van der Waals surface area contributed by atoms with Crippen LogP contribution in [0.1, 0.15) is 18.5 Å². The molecule has 0 atom stereocenters. The molecule has 1 aliphatic rings. The number of carbonyl (C=O) groups excluding carboxylic acids is 1. The summed E-state index contributed by atoms with van der Waals surface area (Å²) in [5.41, 5.74) is 0.727. The van der Waals surface area contributed by atoms with Gasteiger partial charge in [0.1, 0.15) is 6.54 Å². The number of nitrogens with zero attached hydrogens (tertiary/aromatic N) is 3. The lowest BCUT2D eigenvalue weighted by Gasteiger charge is -2.21. The van der Waals surface area contributed by atoms with Crippen molar-refractivity contribution in [2.45, 2.75) is 25.8 Å². The normalized spacial score (nSPS) is 17.2. The van der Waals surface area contributed by atoms with E-state index in [0.717, 1.165) is 31.6 Å². The average Bonchev–Trinajstić information content (AvgIpc) is 2.78. The smallest absolute Gasteiger partial charge is 0.157 e. The third-order valence-corrected chi connectivity index (χ3v) is 3.07. The lowest BCUT2D eigenvalue weighted by molar-refractivity contribution is -0.124. The third-order valence-electron chi connectivity index (χ3n) is 3.07. The number of aliphatic hydroxyl groups excluding tert-OH is 1. The first-order chi connectivity index (χ1) is 8.29. The van der Waals surface area contributed by atoms with E-state index in [9.17, 15) is 4.79 Å². The molecule has 1 aliphatic heterocycles. The minimum atomic E-state index is 0.0565. The fourth-order valence-electron chi connectivity index (χ4n) is 2.08. The molecule has 6 heteroatoms. The number of aliphatic hydroxyl groups is 1. The maximum absolute atomic E-state index is 12.0. The van der Waals surface area contributed by atoms with Gasteiger partial charge in [0, 0.05) is 25.1 Å². The molecule has 0 unspecified atom stereocenters. The summed E-state index contributed by atoms with van der Waals surface area (Å²) in [6.45, 7) is 2.19. The van der Waals surface area contributed by atoms with E-state index in [0.29, 0.717) is 13.0 Å². The number of aromatic nitrogens is 3. The number of hydrogen-bond donors (Lipinski definition) is 2. The average molecular weight is 238 g/mol. The molecule has 0 aromatic carbocycles. The lowest BCUT2D eigenvalue weighted by atomic mass is 9.93. The van der Waals surface area contributed by atoms with E-state index in [4.69, 9.17) is 5.11 Å². The first-order valence-electron chi connectivity index (χ1n) is 6.03. The van der Waals surface area contributed by atoms with Gasteiger partial charge in [-0.15, -0.1) is 5.10 Å². The van der Waals surface area contributed by atoms with Crippen molar-refractivity contribution in [2.75, 3.05) is 19.7 Å². The van der Waals surface area contributed by atoms with Crippen molar-refractivity contribution in [1.82, 2.24) is 20.3 Å². The van der Waals surface area contributed by atoms with Gasteiger partial charge >= 0.3 is 0 Å². The number of carbonyl (C=O) groups is 1. The number of rotatable bonds is 5. The van der Waals surface area contributed by atoms with Crippen LogP contribution < -0.4 is 5.32 Å². The van der Waals surface area contributed by atoms with Crippen LogP contribution in [0.5, 0.6) is 0 Å². The van der Waals surface area contributed by atoms with Gasteiger partial charge in [-0.05, 0) is 25.9 Å². The van der Waals surface area contributed by atoms with Crippen molar-refractivity contribution >= 4 is 5.78 Å². The van der Waals surface area contributed by atoms with Gasteiger partial charge in [-0.25, -0.2) is 4.68 Å². The number of nitrogens with one attached hydrogen (secondary N) is 1. The molecule has 94 valence electrons. The predicted octanol–water partition coefficient (Wildman–Crippen LogP) is -0.618. The summed E-state index contributed by atoms with van der Waals surface area (Å²) < 4.78 is 1.56. The van der Waals surface area contributed by atoms with E-state index in [-0.39, 0.29) is 18.3 Å². The van der Waals surface area contributed by atoms with Gasteiger partial charge < -0.3 is 10.4 Å². The highest BCUT2D eigenvalue weighted by Gasteiger charge is 2.21. The van der Waals surface area contributed by atoms with Crippen LogP contribution in [-0.4, -0.2) is 45.6 Å². The van der Waals surface area contributed by atoms with E-state index < -0.39 is 0 Å². The lowest BCUT2D eigenvalue weighted by Crippen LogP contribution is -2.33. The van der Waals surface area contributed by atoms with Gasteiger partial charge in [0.05, 0.1) is 5.69 Å². The molecule has 6 nitrogen and oxygen atoms in total. The molecule has 0 spiro atoms. The fourth-order valence-corrected chi connectivity index (χ4v) is 2.08. The van der Waals surface area contributed by atoms with Gasteiger partial charge in [-0.1, -0.05) is 5.21 Å². The topological polar surface area (TPSA) is 80.0 Å². The van der Waals surface area contributed by atoms with Crippen LogP contribution in [-0.2, 0) is 17.8 Å². The summed E-state index contributed by atoms with van der Waals surface area (Å²) >= 11 is 0. The molecule has 0 saturated carbocycles. The monoisotopic (exact) mass is 238 g/mol. The highest BCUT2D eigenvalue weighted by atomic mass is 16.3. The van der Waals surface area contributed by atoms with E-state index in [2.05, 4.69) is 15.6 Å². The minimum absolute atomic E-state index is 0.0565. The van der Waals surface area contributed by atoms with E-state index in [1.807, 2.05) is 0 Å². The van der Waals surface area contributed by atoms with Gasteiger partial charge in [0.2, 0.25) is 0 Å². The Morgan fingerprint density at radius 2 is 2.29 bits per heavy atom. The largest absolute Gasteiger partial charge is 0.396 e.